The van der Waals surface area contributed by atoms with Crippen LogP contribution in [-0.2, 0) is 16.9 Å². The van der Waals surface area contributed by atoms with Gasteiger partial charge in [0.2, 0.25) is 0 Å². The normalized spacial score (nSPS) is 24.0. The molecule has 2 aromatic rings. The molecule has 2 bridgehead atoms. The fourth-order valence-electron chi connectivity index (χ4n) is 3.82. The van der Waals surface area contributed by atoms with Crippen LogP contribution in [0.25, 0.3) is 10.9 Å². The Morgan fingerprint density at radius 1 is 1.27 bits per heavy atom. The lowest BCUT2D eigenvalue weighted by atomic mass is 9.82. The Bertz CT molecular complexity index is 953. The molecule has 0 amide bonds. The van der Waals surface area contributed by atoms with Crippen LogP contribution in [0.4, 0.5) is 0 Å². The smallest absolute Gasteiger partial charge is 0.352 e. The van der Waals surface area contributed by atoms with E-state index < -0.39 is 10.4 Å². The maximum absolute atomic E-state index is 13.0. The number of nitrogens with zero attached hydrogens (tertiary/aromatic N) is 1. The van der Waals surface area contributed by atoms with Gasteiger partial charge in [0.25, 0.3) is 0 Å². The number of carbonyl (C=O) groups excluding carboxylic acids is 1. The van der Waals surface area contributed by atoms with Crippen molar-refractivity contribution in [3.63, 3.8) is 0 Å². The minimum atomic E-state index is -4.67. The number of H-pyrrole nitrogens is 1. The van der Waals surface area contributed by atoms with Crippen LogP contribution in [0.5, 0.6) is 0 Å². The molecule has 5 rings (SSSR count). The van der Waals surface area contributed by atoms with Gasteiger partial charge in [-0.1, -0.05) is 31.2 Å². The number of rotatable bonds is 1. The summed E-state index contributed by atoms with van der Waals surface area (Å²) in [7, 11) is -4.67. The van der Waals surface area contributed by atoms with E-state index >= 15 is 0 Å². The largest absolute Gasteiger partial charge is 0.394 e. The van der Waals surface area contributed by atoms with Crippen molar-refractivity contribution in [3.8, 4) is 0 Å². The number of Topliss-reactive ketones (excluding diaryl/α,β-unsaturated/α-hetero) is 1. The first-order chi connectivity index (χ1) is 12.3. The Labute approximate surface area is 152 Å². The van der Waals surface area contributed by atoms with Crippen molar-refractivity contribution in [2.45, 2.75) is 26.3 Å². The highest BCUT2D eigenvalue weighted by molar-refractivity contribution is 7.79. The summed E-state index contributed by atoms with van der Waals surface area (Å²) in [5.41, 5.74) is 4.43. The Kier molecular flexibility index (Phi) is 5.29. The van der Waals surface area contributed by atoms with Gasteiger partial charge in [0.1, 0.15) is 0 Å². The van der Waals surface area contributed by atoms with E-state index in [4.69, 9.17) is 17.5 Å². The van der Waals surface area contributed by atoms with Crippen molar-refractivity contribution in [2.75, 3.05) is 13.1 Å². The van der Waals surface area contributed by atoms with E-state index in [1.54, 1.807) is 0 Å². The number of allylic oxidation sites excluding steroid dienone is 1. The first kappa shape index (κ1) is 18.8. The zero-order valence-electron chi connectivity index (χ0n) is 14.5. The summed E-state index contributed by atoms with van der Waals surface area (Å²) < 4.78 is 31.6. The average Bonchev–Trinajstić information content (AvgIpc) is 2.90. The van der Waals surface area contributed by atoms with Gasteiger partial charge in [-0.25, -0.2) is 0 Å². The Morgan fingerprint density at radius 2 is 1.96 bits per heavy atom. The molecule has 0 saturated carbocycles. The predicted octanol–water partition coefficient (Wildman–Crippen LogP) is 2.87. The van der Waals surface area contributed by atoms with E-state index in [-0.39, 0.29) is 5.92 Å². The SMILES string of the molecule is CC/C=C1/CN2CCC1C(=O)c1[nH]c3ccccc3c1C2.O=S(=O)(O)O. The third-order valence-electron chi connectivity index (χ3n) is 4.81. The summed E-state index contributed by atoms with van der Waals surface area (Å²) in [6, 6.07) is 8.26. The maximum Gasteiger partial charge on any atom is 0.394 e. The summed E-state index contributed by atoms with van der Waals surface area (Å²) in [5.74, 6) is 0.369. The molecule has 7 nitrogen and oxygen atoms in total. The van der Waals surface area contributed by atoms with Crippen molar-refractivity contribution >= 4 is 27.1 Å². The number of nitrogens with one attached hydrogen (secondary N) is 1. The molecular formula is C18H22N2O5S. The van der Waals surface area contributed by atoms with E-state index in [0.29, 0.717) is 5.78 Å². The lowest BCUT2D eigenvalue weighted by molar-refractivity contribution is 0.0874. The number of hydrogen-bond acceptors (Lipinski definition) is 4. The average molecular weight is 378 g/mol. The molecule has 0 aliphatic carbocycles. The number of piperidine rings is 1. The minimum Gasteiger partial charge on any atom is -0.352 e. The van der Waals surface area contributed by atoms with Gasteiger partial charge in [0.05, 0.1) is 5.69 Å². The van der Waals surface area contributed by atoms with E-state index in [1.165, 1.54) is 16.5 Å². The molecule has 2 unspecified atom stereocenters. The van der Waals surface area contributed by atoms with Crippen LogP contribution >= 0.6 is 0 Å². The molecule has 140 valence electrons. The summed E-state index contributed by atoms with van der Waals surface area (Å²) >= 11 is 0. The molecular weight excluding hydrogens is 356 g/mol. The first-order valence-electron chi connectivity index (χ1n) is 8.53. The highest BCUT2D eigenvalue weighted by Gasteiger charge is 2.35. The Balaban J connectivity index is 0.000000349. The second kappa shape index (κ2) is 7.32. The molecule has 3 aliphatic heterocycles. The second-order valence-electron chi connectivity index (χ2n) is 6.58. The monoisotopic (exact) mass is 378 g/mol. The van der Waals surface area contributed by atoms with Crippen molar-refractivity contribution < 1.29 is 22.3 Å². The minimum absolute atomic E-state index is 0.0771. The molecule has 2 atom stereocenters. The molecule has 3 N–H and O–H groups in total. The predicted molar refractivity (Wildman–Crippen MR) is 98.6 cm³/mol. The number of aromatic amines is 1. The van der Waals surface area contributed by atoms with Gasteiger partial charge in [-0.2, -0.15) is 8.42 Å². The molecule has 1 fully saturated rings. The molecule has 1 aromatic heterocycles. The van der Waals surface area contributed by atoms with E-state index in [1.807, 2.05) is 6.07 Å². The Hall–Kier alpha value is -2.00. The molecule has 8 heteroatoms. The van der Waals surface area contributed by atoms with Gasteiger partial charge in [-0.05, 0) is 31.0 Å². The van der Waals surface area contributed by atoms with Crippen LogP contribution in [0.15, 0.2) is 35.9 Å². The zero-order chi connectivity index (χ0) is 18.9. The number of hydrogen-bond donors (Lipinski definition) is 3. The molecule has 26 heavy (non-hydrogen) atoms. The van der Waals surface area contributed by atoms with Gasteiger partial charge in [-0.3, -0.25) is 18.8 Å². The third-order valence-corrected chi connectivity index (χ3v) is 4.81. The van der Waals surface area contributed by atoms with Crippen LogP contribution in [0, 0.1) is 5.92 Å². The fraction of sp³-hybridized carbons (Fsp3) is 0.389. The lowest BCUT2D eigenvalue weighted by Crippen LogP contribution is -2.40. The highest BCUT2D eigenvalue weighted by Crippen LogP contribution is 2.35. The summed E-state index contributed by atoms with van der Waals surface area (Å²) in [5, 5.41) is 1.20. The number of para-hydroxylation sites is 1. The van der Waals surface area contributed by atoms with E-state index in [0.717, 1.165) is 43.7 Å². The second-order valence-corrected chi connectivity index (χ2v) is 7.47. The van der Waals surface area contributed by atoms with Crippen molar-refractivity contribution in [1.29, 1.82) is 0 Å². The van der Waals surface area contributed by atoms with E-state index in [9.17, 15) is 4.79 Å². The van der Waals surface area contributed by atoms with Gasteiger partial charge in [0.15, 0.2) is 5.78 Å². The Morgan fingerprint density at radius 3 is 2.65 bits per heavy atom. The van der Waals surface area contributed by atoms with Crippen molar-refractivity contribution in [2.24, 2.45) is 5.92 Å². The van der Waals surface area contributed by atoms with Gasteiger partial charge < -0.3 is 4.98 Å². The fourth-order valence-corrected chi connectivity index (χ4v) is 3.82. The zero-order valence-corrected chi connectivity index (χ0v) is 15.3. The van der Waals surface area contributed by atoms with Gasteiger partial charge in [0, 0.05) is 35.5 Å². The van der Waals surface area contributed by atoms with Crippen molar-refractivity contribution in [3.05, 3.63) is 47.2 Å². The molecule has 1 saturated heterocycles. The third kappa shape index (κ3) is 4.04. The van der Waals surface area contributed by atoms with Crippen LogP contribution in [0.3, 0.4) is 0 Å². The summed E-state index contributed by atoms with van der Waals surface area (Å²) in [6.45, 7) is 4.99. The highest BCUT2D eigenvalue weighted by atomic mass is 32.3. The topological polar surface area (TPSA) is 111 Å². The lowest BCUT2D eigenvalue weighted by Gasteiger charge is -2.36. The van der Waals surface area contributed by atoms with Crippen molar-refractivity contribution in [1.82, 2.24) is 9.88 Å². The number of carbonyl (C=O) groups is 1. The van der Waals surface area contributed by atoms with Gasteiger partial charge >= 0.3 is 10.4 Å². The molecule has 0 radical (unpaired) electrons. The summed E-state index contributed by atoms with van der Waals surface area (Å²) in [4.78, 5) is 18.9. The molecule has 3 aliphatic rings. The first-order valence-corrected chi connectivity index (χ1v) is 9.92. The maximum atomic E-state index is 13.0. The molecule has 1 aromatic carbocycles. The van der Waals surface area contributed by atoms with Crippen LogP contribution in [0.2, 0.25) is 0 Å². The quantitative estimate of drug-likeness (QED) is 0.520. The molecule has 0 spiro atoms. The number of aromatic nitrogens is 1. The van der Waals surface area contributed by atoms with Crippen LogP contribution < -0.4 is 0 Å². The molecule has 4 heterocycles. The number of benzene rings is 1. The standard InChI is InChI=1S/C18H20N2O.H2O4S/c1-2-5-12-10-20-9-8-13(12)18(21)17-15(11-20)14-6-3-4-7-16(14)19-17;1-5(2,3)4/h3-7,13,19H,2,8-11H2,1H3;(H2,1,2,3,4)/b12-5-;. The van der Waals surface area contributed by atoms with Gasteiger partial charge in [-0.15, -0.1) is 0 Å². The van der Waals surface area contributed by atoms with Crippen LogP contribution in [0.1, 0.15) is 35.8 Å². The summed E-state index contributed by atoms with van der Waals surface area (Å²) in [6.07, 6.45) is 4.22. The number of fused-ring (bicyclic) bond motifs is 3. The van der Waals surface area contributed by atoms with Crippen LogP contribution in [-0.4, -0.2) is 46.3 Å². The number of ketones is 1. The van der Waals surface area contributed by atoms with E-state index in [2.05, 4.69) is 41.1 Å².